The van der Waals surface area contributed by atoms with Crippen LogP contribution in [0.5, 0.6) is 0 Å². The van der Waals surface area contributed by atoms with Crippen LogP contribution in [0.3, 0.4) is 0 Å². The number of hydrogen-bond donors (Lipinski definition) is 1. The van der Waals surface area contributed by atoms with E-state index in [1.165, 1.54) is 0 Å². The first-order valence-corrected chi connectivity index (χ1v) is 7.03. The fourth-order valence-electron chi connectivity index (χ4n) is 3.09. The van der Waals surface area contributed by atoms with Crippen LogP contribution in [-0.4, -0.2) is 36.1 Å². The molecule has 5 heteroatoms. The molecule has 3 rings (SSSR count). The lowest BCUT2D eigenvalue weighted by molar-refractivity contribution is -0.0445. The molecule has 1 amide bonds. The second-order valence-electron chi connectivity index (χ2n) is 5.11. The van der Waals surface area contributed by atoms with Crippen molar-refractivity contribution in [2.45, 2.75) is 31.4 Å². The Kier molecular flexibility index (Phi) is 3.37. The quantitative estimate of drug-likeness (QED) is 0.803. The fourth-order valence-corrected chi connectivity index (χ4v) is 3.35. The molecule has 2 fully saturated rings. The molecule has 4 nitrogen and oxygen atoms in total. The van der Waals surface area contributed by atoms with Crippen molar-refractivity contribution in [2.24, 2.45) is 0 Å². The number of hydrogen-bond acceptors (Lipinski definition) is 3. The average molecular weight is 281 g/mol. The minimum atomic E-state index is -0.0664. The molecule has 19 heavy (non-hydrogen) atoms. The highest BCUT2D eigenvalue weighted by molar-refractivity contribution is 6.34. The number of benzene rings is 1. The van der Waals surface area contributed by atoms with Gasteiger partial charge in [-0.1, -0.05) is 17.7 Å². The van der Waals surface area contributed by atoms with Crippen LogP contribution in [0.15, 0.2) is 18.2 Å². The van der Waals surface area contributed by atoms with Gasteiger partial charge in [0.1, 0.15) is 0 Å². The third-order valence-corrected chi connectivity index (χ3v) is 4.32. The molecule has 2 unspecified atom stereocenters. The van der Waals surface area contributed by atoms with Crippen molar-refractivity contribution in [1.82, 2.24) is 4.90 Å². The lowest BCUT2D eigenvalue weighted by Crippen LogP contribution is -2.51. The molecule has 1 saturated carbocycles. The van der Waals surface area contributed by atoms with Gasteiger partial charge in [-0.25, -0.2) is 0 Å². The van der Waals surface area contributed by atoms with Gasteiger partial charge in [0.2, 0.25) is 0 Å². The van der Waals surface area contributed by atoms with Crippen LogP contribution in [-0.2, 0) is 4.74 Å². The molecule has 1 aliphatic carbocycles. The molecule has 1 aromatic carbocycles. The first kappa shape index (κ1) is 12.8. The van der Waals surface area contributed by atoms with Crippen molar-refractivity contribution < 1.29 is 9.53 Å². The lowest BCUT2D eigenvalue weighted by Gasteiger charge is -2.38. The van der Waals surface area contributed by atoms with Gasteiger partial charge >= 0.3 is 0 Å². The van der Waals surface area contributed by atoms with Crippen LogP contribution in [0.25, 0.3) is 0 Å². The Morgan fingerprint density at radius 3 is 3.05 bits per heavy atom. The van der Waals surface area contributed by atoms with Crippen molar-refractivity contribution in [3.8, 4) is 0 Å². The second kappa shape index (κ2) is 5.02. The minimum Gasteiger partial charge on any atom is -0.398 e. The molecule has 1 saturated heterocycles. The Balaban J connectivity index is 1.91. The average Bonchev–Trinajstić information content (AvgIpc) is 2.86. The summed E-state index contributed by atoms with van der Waals surface area (Å²) >= 11 is 6.13. The molecular formula is C14H17ClN2O2. The van der Waals surface area contributed by atoms with Gasteiger partial charge < -0.3 is 15.4 Å². The van der Waals surface area contributed by atoms with E-state index in [0.29, 0.717) is 29.4 Å². The molecular weight excluding hydrogens is 264 g/mol. The second-order valence-corrected chi connectivity index (χ2v) is 5.52. The summed E-state index contributed by atoms with van der Waals surface area (Å²) in [7, 11) is 0. The summed E-state index contributed by atoms with van der Waals surface area (Å²) in [6, 6.07) is 5.35. The summed E-state index contributed by atoms with van der Waals surface area (Å²) < 4.78 is 5.72. The largest absolute Gasteiger partial charge is 0.398 e. The Hall–Kier alpha value is -1.26. The Morgan fingerprint density at radius 1 is 1.42 bits per heavy atom. The molecule has 2 aliphatic rings. The van der Waals surface area contributed by atoms with E-state index in [9.17, 15) is 4.79 Å². The normalized spacial score (nSPS) is 26.3. The summed E-state index contributed by atoms with van der Waals surface area (Å²) in [5, 5.41) is 0.422. The Morgan fingerprint density at radius 2 is 2.26 bits per heavy atom. The monoisotopic (exact) mass is 280 g/mol. The number of carbonyl (C=O) groups is 1. The predicted octanol–water partition coefficient (Wildman–Crippen LogP) is 2.32. The van der Waals surface area contributed by atoms with Crippen LogP contribution in [0, 0.1) is 0 Å². The highest BCUT2D eigenvalue weighted by Gasteiger charge is 2.39. The number of nitrogen functional groups attached to an aromatic ring is 1. The van der Waals surface area contributed by atoms with E-state index >= 15 is 0 Å². The number of fused-ring (bicyclic) bond motifs is 1. The minimum absolute atomic E-state index is 0.0664. The van der Waals surface area contributed by atoms with Crippen LogP contribution in [0.4, 0.5) is 5.69 Å². The van der Waals surface area contributed by atoms with Crippen LogP contribution >= 0.6 is 11.6 Å². The standard InChI is InChI=1S/C14H17ClN2O2/c15-9-3-1-4-10(16)13(9)14(18)17-7-8-19-12-6-2-5-11(12)17/h1,3-4,11-12H,2,5-8,16H2. The molecule has 1 heterocycles. The van der Waals surface area contributed by atoms with Crippen molar-refractivity contribution in [3.05, 3.63) is 28.8 Å². The zero-order valence-corrected chi connectivity index (χ0v) is 11.4. The number of ether oxygens (including phenoxy) is 1. The van der Waals surface area contributed by atoms with Gasteiger partial charge in [-0.05, 0) is 31.4 Å². The molecule has 1 aromatic rings. The maximum atomic E-state index is 12.7. The summed E-state index contributed by atoms with van der Waals surface area (Å²) in [4.78, 5) is 14.6. The van der Waals surface area contributed by atoms with E-state index in [2.05, 4.69) is 0 Å². The zero-order chi connectivity index (χ0) is 13.4. The first-order chi connectivity index (χ1) is 9.18. The lowest BCUT2D eigenvalue weighted by atomic mass is 10.1. The summed E-state index contributed by atoms with van der Waals surface area (Å²) in [5.41, 5.74) is 6.77. The van der Waals surface area contributed by atoms with Crippen molar-refractivity contribution in [1.29, 1.82) is 0 Å². The zero-order valence-electron chi connectivity index (χ0n) is 10.6. The van der Waals surface area contributed by atoms with E-state index in [-0.39, 0.29) is 18.1 Å². The number of carbonyl (C=O) groups excluding carboxylic acids is 1. The molecule has 2 atom stereocenters. The van der Waals surface area contributed by atoms with Crippen molar-refractivity contribution >= 4 is 23.2 Å². The third-order valence-electron chi connectivity index (χ3n) is 4.00. The van der Waals surface area contributed by atoms with Gasteiger partial charge in [-0.15, -0.1) is 0 Å². The molecule has 0 aromatic heterocycles. The summed E-state index contributed by atoms with van der Waals surface area (Å²) in [6.45, 7) is 1.21. The van der Waals surface area contributed by atoms with Gasteiger partial charge in [-0.3, -0.25) is 4.79 Å². The molecule has 2 N–H and O–H groups in total. The number of anilines is 1. The molecule has 0 bridgehead atoms. The number of morpholine rings is 1. The number of rotatable bonds is 1. The molecule has 102 valence electrons. The maximum absolute atomic E-state index is 12.7. The SMILES string of the molecule is Nc1cccc(Cl)c1C(=O)N1CCOC2CCCC21. The third kappa shape index (κ3) is 2.19. The number of amides is 1. The van der Waals surface area contributed by atoms with Crippen molar-refractivity contribution in [3.63, 3.8) is 0 Å². The van der Waals surface area contributed by atoms with E-state index < -0.39 is 0 Å². The predicted molar refractivity (Wildman–Crippen MR) is 74.3 cm³/mol. The van der Waals surface area contributed by atoms with Crippen LogP contribution in [0.2, 0.25) is 5.02 Å². The number of nitrogens with two attached hydrogens (primary N) is 1. The first-order valence-electron chi connectivity index (χ1n) is 6.65. The number of nitrogens with zero attached hydrogens (tertiary/aromatic N) is 1. The van der Waals surface area contributed by atoms with E-state index in [0.717, 1.165) is 19.3 Å². The molecule has 1 aliphatic heterocycles. The van der Waals surface area contributed by atoms with Crippen molar-refractivity contribution in [2.75, 3.05) is 18.9 Å². The fraction of sp³-hybridized carbons (Fsp3) is 0.500. The van der Waals surface area contributed by atoms with Gasteiger partial charge in [-0.2, -0.15) is 0 Å². The van der Waals surface area contributed by atoms with E-state index in [4.69, 9.17) is 22.1 Å². The van der Waals surface area contributed by atoms with E-state index in [1.54, 1.807) is 18.2 Å². The van der Waals surface area contributed by atoms with Gasteiger partial charge in [0, 0.05) is 12.2 Å². The maximum Gasteiger partial charge on any atom is 0.257 e. The topological polar surface area (TPSA) is 55.6 Å². The molecule has 0 spiro atoms. The smallest absolute Gasteiger partial charge is 0.257 e. The highest BCUT2D eigenvalue weighted by atomic mass is 35.5. The Labute approximate surface area is 117 Å². The summed E-state index contributed by atoms with van der Waals surface area (Å²) in [5.74, 6) is -0.0664. The van der Waals surface area contributed by atoms with Crippen LogP contribution in [0.1, 0.15) is 29.6 Å². The molecule has 0 radical (unpaired) electrons. The Bertz CT molecular complexity index is 486. The number of halogens is 1. The van der Waals surface area contributed by atoms with E-state index in [1.807, 2.05) is 4.90 Å². The van der Waals surface area contributed by atoms with Gasteiger partial charge in [0.15, 0.2) is 0 Å². The van der Waals surface area contributed by atoms with Crippen LogP contribution < -0.4 is 5.73 Å². The summed E-state index contributed by atoms with van der Waals surface area (Å²) in [6.07, 6.45) is 3.33. The highest BCUT2D eigenvalue weighted by Crippen LogP contribution is 2.32. The van der Waals surface area contributed by atoms with Gasteiger partial charge in [0.25, 0.3) is 5.91 Å². The van der Waals surface area contributed by atoms with Gasteiger partial charge in [0.05, 0.1) is 29.3 Å².